The molecule has 0 heterocycles. The van der Waals surface area contributed by atoms with E-state index in [0.29, 0.717) is 4.05 Å². The summed E-state index contributed by atoms with van der Waals surface area (Å²) in [4.78, 5) is 0. The lowest BCUT2D eigenvalue weighted by Crippen LogP contribution is -2.55. The fraction of sp³-hybridized carbons (Fsp3) is 0.680. The van der Waals surface area contributed by atoms with Crippen molar-refractivity contribution in [2.45, 2.75) is 88.5 Å². The molecule has 0 aromatic heterocycles. The molecule has 1 aromatic carbocycles. The van der Waals surface area contributed by atoms with Gasteiger partial charge in [-0.2, -0.15) is 0 Å². The Morgan fingerprint density at radius 3 is 1.85 bits per heavy atom. The fourth-order valence-corrected chi connectivity index (χ4v) is 5.16. The van der Waals surface area contributed by atoms with Crippen LogP contribution in [-0.4, -0.2) is 28.2 Å². The maximum atomic E-state index is 5.88. The van der Waals surface area contributed by atoms with Crippen LogP contribution in [0.15, 0.2) is 30.3 Å². The Bertz CT molecular complexity index is 491. The first-order valence-electron chi connectivity index (χ1n) is 11.2. The highest BCUT2D eigenvalue weighted by atomic mass is 127. The molecule has 0 saturated carbocycles. The number of unbranched alkanes of at least 4 members (excludes halogenated alkanes) is 8. The molecule has 27 heavy (non-hydrogen) atoms. The number of quaternary nitrogens is 1. The lowest BCUT2D eigenvalue weighted by Gasteiger charge is -2.42. The molecule has 0 aliphatic carbocycles. The Labute approximate surface area is 183 Å². The smallest absolute Gasteiger partial charge is 0.144 e. The second-order valence-corrected chi connectivity index (χ2v) is 9.42. The van der Waals surface area contributed by atoms with E-state index in [-0.39, 0.29) is 0 Å². The van der Waals surface area contributed by atoms with E-state index >= 15 is 0 Å². The van der Waals surface area contributed by atoms with Crippen LogP contribution in [0.25, 0.3) is 0 Å². The second kappa shape index (κ2) is 15.4. The second-order valence-electron chi connectivity index (χ2n) is 7.98. The zero-order chi connectivity index (χ0) is 19.8. The highest BCUT2D eigenvalue weighted by Gasteiger charge is 2.33. The van der Waals surface area contributed by atoms with Gasteiger partial charge in [0.25, 0.3) is 0 Å². The van der Waals surface area contributed by atoms with Crippen LogP contribution in [0.5, 0.6) is 0 Å². The summed E-state index contributed by atoms with van der Waals surface area (Å²) in [5.41, 5.74) is 1.44. The summed E-state index contributed by atoms with van der Waals surface area (Å²) in [5, 5.41) is 0. The summed E-state index contributed by atoms with van der Waals surface area (Å²) in [7, 11) is 0. The zero-order valence-corrected chi connectivity index (χ0v) is 19.9. The normalized spacial score (nSPS) is 12.7. The predicted molar refractivity (Wildman–Crippen MR) is 129 cm³/mol. The van der Waals surface area contributed by atoms with Gasteiger partial charge in [0.05, 0.1) is 13.1 Å². The van der Waals surface area contributed by atoms with Gasteiger partial charge in [-0.3, -0.25) is 0 Å². The van der Waals surface area contributed by atoms with Gasteiger partial charge >= 0.3 is 0 Å². The molecular formula is C25H41IN+. The van der Waals surface area contributed by atoms with Crippen molar-refractivity contribution in [1.82, 2.24) is 0 Å². The molecule has 1 aromatic rings. The Balaban J connectivity index is 2.76. The van der Waals surface area contributed by atoms with Crippen LogP contribution in [-0.2, 0) is 6.42 Å². The van der Waals surface area contributed by atoms with Gasteiger partial charge in [-0.05, 0) is 59.8 Å². The molecule has 0 bridgehead atoms. The van der Waals surface area contributed by atoms with E-state index in [2.05, 4.69) is 72.7 Å². The summed E-state index contributed by atoms with van der Waals surface area (Å²) in [6.45, 7) is 7.93. The van der Waals surface area contributed by atoms with Gasteiger partial charge in [0.2, 0.25) is 0 Å². The quantitative estimate of drug-likeness (QED) is 0.0576. The maximum absolute atomic E-state index is 5.88. The van der Waals surface area contributed by atoms with Crippen LogP contribution in [0, 0.1) is 12.3 Å². The maximum Gasteiger partial charge on any atom is 0.144 e. The van der Waals surface area contributed by atoms with Crippen molar-refractivity contribution in [3.8, 4) is 12.3 Å². The first-order chi connectivity index (χ1) is 13.2. The molecule has 0 aliphatic heterocycles. The molecular weight excluding hydrogens is 441 g/mol. The summed E-state index contributed by atoms with van der Waals surface area (Å²) < 4.78 is 1.66. The van der Waals surface area contributed by atoms with E-state index in [1.54, 1.807) is 0 Å². The number of alkyl halides is 1. The lowest BCUT2D eigenvalue weighted by atomic mass is 10.1. The predicted octanol–water partition coefficient (Wildman–Crippen LogP) is 7.38. The highest BCUT2D eigenvalue weighted by molar-refractivity contribution is 14.1. The van der Waals surface area contributed by atoms with Crippen LogP contribution in [0.3, 0.4) is 0 Å². The van der Waals surface area contributed by atoms with Crippen molar-refractivity contribution >= 4 is 22.6 Å². The van der Waals surface area contributed by atoms with Crippen LogP contribution in [0.2, 0.25) is 0 Å². The molecule has 152 valence electrons. The van der Waals surface area contributed by atoms with Crippen molar-refractivity contribution in [3.63, 3.8) is 0 Å². The van der Waals surface area contributed by atoms with Crippen LogP contribution in [0.4, 0.5) is 0 Å². The third-order valence-electron chi connectivity index (χ3n) is 5.66. The van der Waals surface area contributed by atoms with E-state index in [0.717, 1.165) is 17.4 Å². The number of hydrogen-bond donors (Lipinski definition) is 0. The molecule has 1 rings (SSSR count). The van der Waals surface area contributed by atoms with Crippen molar-refractivity contribution in [2.75, 3.05) is 19.6 Å². The minimum absolute atomic E-state index is 0.554. The van der Waals surface area contributed by atoms with Crippen molar-refractivity contribution in [3.05, 3.63) is 35.9 Å². The van der Waals surface area contributed by atoms with Gasteiger partial charge in [-0.1, -0.05) is 82.7 Å². The molecule has 0 fully saturated rings. The zero-order valence-electron chi connectivity index (χ0n) is 17.8. The van der Waals surface area contributed by atoms with E-state index in [1.807, 2.05) is 0 Å². The van der Waals surface area contributed by atoms with Crippen molar-refractivity contribution < 1.29 is 4.48 Å². The topological polar surface area (TPSA) is 0 Å². The molecule has 0 amide bonds. The van der Waals surface area contributed by atoms with E-state index < -0.39 is 0 Å². The van der Waals surface area contributed by atoms with Gasteiger partial charge in [-0.25, -0.2) is 0 Å². The lowest BCUT2D eigenvalue weighted by molar-refractivity contribution is -0.927. The van der Waals surface area contributed by atoms with E-state index in [9.17, 15) is 0 Å². The van der Waals surface area contributed by atoms with Gasteiger partial charge in [0, 0.05) is 6.42 Å². The number of benzene rings is 1. The SMILES string of the molecule is C#CC[N+](CCCCCCC)(CCCCCCC)C(I)Cc1ccccc1. The molecule has 0 aliphatic rings. The Morgan fingerprint density at radius 2 is 1.37 bits per heavy atom. The van der Waals surface area contributed by atoms with Gasteiger partial charge in [-0.15, -0.1) is 6.42 Å². The number of nitrogens with zero attached hydrogens (tertiary/aromatic N) is 1. The van der Waals surface area contributed by atoms with Crippen molar-refractivity contribution in [2.24, 2.45) is 0 Å². The standard InChI is InChI=1S/C25H41IN/c1-4-7-9-11-16-21-27(20-6-3,22-17-12-10-8-5-2)25(26)23-24-18-14-13-15-19-24/h3,13-15,18-19,25H,4-5,7-12,16-17,20-23H2,1-2H3/q+1. The van der Waals surface area contributed by atoms with Crippen LogP contribution < -0.4 is 0 Å². The van der Waals surface area contributed by atoms with Crippen molar-refractivity contribution in [1.29, 1.82) is 0 Å². The third-order valence-corrected chi connectivity index (χ3v) is 7.28. The summed E-state index contributed by atoms with van der Waals surface area (Å²) in [6, 6.07) is 10.9. The van der Waals surface area contributed by atoms with E-state index in [1.165, 1.54) is 82.9 Å². The Hall–Kier alpha value is -0.530. The van der Waals surface area contributed by atoms with Gasteiger partial charge in [0.1, 0.15) is 10.6 Å². The fourth-order valence-electron chi connectivity index (χ4n) is 3.89. The summed E-state index contributed by atoms with van der Waals surface area (Å²) in [6.07, 6.45) is 20.4. The number of halogens is 1. The molecule has 0 spiro atoms. The third kappa shape index (κ3) is 9.99. The monoisotopic (exact) mass is 482 g/mol. The van der Waals surface area contributed by atoms with Gasteiger partial charge in [0.15, 0.2) is 0 Å². The minimum atomic E-state index is 0.554. The highest BCUT2D eigenvalue weighted by Crippen LogP contribution is 2.26. The number of hydrogen-bond acceptors (Lipinski definition) is 0. The first kappa shape index (κ1) is 24.5. The van der Waals surface area contributed by atoms with Crippen LogP contribution >= 0.6 is 22.6 Å². The molecule has 1 unspecified atom stereocenters. The Kier molecular flexibility index (Phi) is 14.0. The van der Waals surface area contributed by atoms with Gasteiger partial charge < -0.3 is 4.48 Å². The van der Waals surface area contributed by atoms with Crippen LogP contribution in [0.1, 0.15) is 83.6 Å². The summed E-state index contributed by atoms with van der Waals surface area (Å²) >= 11 is 2.70. The molecule has 1 nitrogen and oxygen atoms in total. The largest absolute Gasteiger partial charge is 0.303 e. The number of terminal acetylenes is 1. The minimum Gasteiger partial charge on any atom is -0.303 e. The molecule has 2 heteroatoms. The molecule has 1 atom stereocenters. The first-order valence-corrected chi connectivity index (χ1v) is 12.4. The molecule has 0 radical (unpaired) electrons. The average Bonchev–Trinajstić information content (AvgIpc) is 2.68. The molecule has 0 saturated heterocycles. The number of rotatable bonds is 16. The molecule has 0 N–H and O–H groups in total. The summed E-state index contributed by atoms with van der Waals surface area (Å²) in [5.74, 6) is 3.05. The average molecular weight is 483 g/mol. The Morgan fingerprint density at radius 1 is 0.852 bits per heavy atom. The van der Waals surface area contributed by atoms with E-state index in [4.69, 9.17) is 6.42 Å².